The Bertz CT molecular complexity index is 561. The van der Waals surface area contributed by atoms with Crippen molar-refractivity contribution in [1.82, 2.24) is 9.62 Å². The summed E-state index contributed by atoms with van der Waals surface area (Å²) in [7, 11) is -1.48. The van der Waals surface area contributed by atoms with Gasteiger partial charge in [0.15, 0.2) is 0 Å². The van der Waals surface area contributed by atoms with Crippen molar-refractivity contribution in [2.24, 2.45) is 0 Å². The Morgan fingerprint density at radius 2 is 1.89 bits per heavy atom. The van der Waals surface area contributed by atoms with Crippen LogP contribution in [0.1, 0.15) is 17.5 Å². The first-order chi connectivity index (χ1) is 8.79. The lowest BCUT2D eigenvalue weighted by Gasteiger charge is -2.16. The van der Waals surface area contributed by atoms with Crippen LogP contribution >= 0.6 is 0 Å². The minimum atomic E-state index is -3.48. The van der Waals surface area contributed by atoms with Crippen LogP contribution in [0.4, 0.5) is 5.69 Å². The Hall–Kier alpha value is -1.11. The smallest absolute Gasteiger partial charge is 0.241 e. The third kappa shape index (κ3) is 3.08. The molecule has 0 bridgehead atoms. The van der Waals surface area contributed by atoms with Gasteiger partial charge in [-0.2, -0.15) is 0 Å². The molecule has 2 rings (SSSR count). The number of benzene rings is 1. The van der Waals surface area contributed by atoms with E-state index in [0.717, 1.165) is 19.5 Å². The Morgan fingerprint density at radius 1 is 1.32 bits per heavy atom. The Kier molecular flexibility index (Phi) is 3.85. The molecule has 106 valence electrons. The number of sulfonamides is 1. The van der Waals surface area contributed by atoms with E-state index in [9.17, 15) is 8.42 Å². The van der Waals surface area contributed by atoms with Crippen LogP contribution in [-0.2, 0) is 10.0 Å². The maximum atomic E-state index is 12.5. The van der Waals surface area contributed by atoms with Crippen molar-refractivity contribution in [2.75, 3.05) is 25.9 Å². The summed E-state index contributed by atoms with van der Waals surface area (Å²) in [5.41, 5.74) is 7.71. The van der Waals surface area contributed by atoms with Crippen LogP contribution in [0.5, 0.6) is 0 Å². The molecule has 6 heteroatoms. The van der Waals surface area contributed by atoms with Gasteiger partial charge in [-0.15, -0.1) is 0 Å². The number of likely N-dealkylation sites (tertiary alicyclic amines) is 1. The molecule has 1 aromatic rings. The number of likely N-dealkylation sites (N-methyl/N-ethyl adjacent to an activating group) is 1. The number of nitrogen functional groups attached to an aromatic ring is 1. The van der Waals surface area contributed by atoms with E-state index in [1.165, 1.54) is 0 Å². The zero-order chi connectivity index (χ0) is 14.2. The van der Waals surface area contributed by atoms with Crippen LogP contribution in [0.2, 0.25) is 0 Å². The predicted octanol–water partition coefficient (Wildman–Crippen LogP) is 0.868. The van der Waals surface area contributed by atoms with E-state index < -0.39 is 10.0 Å². The van der Waals surface area contributed by atoms with E-state index in [2.05, 4.69) is 9.62 Å². The van der Waals surface area contributed by atoms with Crippen molar-refractivity contribution in [3.8, 4) is 0 Å². The molecule has 0 radical (unpaired) electrons. The van der Waals surface area contributed by atoms with Crippen LogP contribution in [0.3, 0.4) is 0 Å². The first-order valence-corrected chi connectivity index (χ1v) is 7.85. The van der Waals surface area contributed by atoms with Gasteiger partial charge in [-0.25, -0.2) is 13.1 Å². The fourth-order valence-corrected chi connectivity index (χ4v) is 4.43. The topological polar surface area (TPSA) is 75.4 Å². The molecule has 0 aliphatic carbocycles. The van der Waals surface area contributed by atoms with Crippen molar-refractivity contribution in [3.63, 3.8) is 0 Å². The highest BCUT2D eigenvalue weighted by Crippen LogP contribution is 2.23. The average molecular weight is 283 g/mol. The van der Waals surface area contributed by atoms with Gasteiger partial charge in [-0.3, -0.25) is 0 Å². The quantitative estimate of drug-likeness (QED) is 0.807. The first-order valence-electron chi connectivity index (χ1n) is 6.37. The highest BCUT2D eigenvalue weighted by Gasteiger charge is 2.27. The van der Waals surface area contributed by atoms with E-state index in [0.29, 0.717) is 21.7 Å². The molecule has 1 saturated heterocycles. The van der Waals surface area contributed by atoms with Gasteiger partial charge in [-0.05, 0) is 57.1 Å². The maximum absolute atomic E-state index is 12.5. The van der Waals surface area contributed by atoms with Gasteiger partial charge in [0.1, 0.15) is 0 Å². The molecule has 1 aromatic carbocycles. The number of nitrogens with two attached hydrogens (primary N) is 1. The Morgan fingerprint density at radius 3 is 2.37 bits per heavy atom. The van der Waals surface area contributed by atoms with Crippen LogP contribution in [0, 0.1) is 13.8 Å². The van der Waals surface area contributed by atoms with E-state index in [4.69, 9.17) is 5.73 Å². The van der Waals surface area contributed by atoms with Crippen molar-refractivity contribution in [1.29, 1.82) is 0 Å². The molecule has 1 fully saturated rings. The Labute approximate surface area is 114 Å². The summed E-state index contributed by atoms with van der Waals surface area (Å²) >= 11 is 0. The van der Waals surface area contributed by atoms with Crippen molar-refractivity contribution >= 4 is 15.7 Å². The fourth-order valence-electron chi connectivity index (χ4n) is 2.72. The van der Waals surface area contributed by atoms with Gasteiger partial charge >= 0.3 is 0 Å². The molecule has 0 saturated carbocycles. The first kappa shape index (κ1) is 14.3. The normalized spacial score (nSPS) is 20.9. The van der Waals surface area contributed by atoms with Crippen molar-refractivity contribution in [2.45, 2.75) is 31.2 Å². The second kappa shape index (κ2) is 5.11. The standard InChI is InChI=1S/C13H21N3O2S/c1-9-6-11(14)7-10(2)13(9)19(17,18)15-12-4-5-16(3)8-12/h6-7,12,15H,4-5,8,14H2,1-3H3. The third-order valence-electron chi connectivity index (χ3n) is 3.46. The second-order valence-electron chi connectivity index (χ2n) is 5.35. The van der Waals surface area contributed by atoms with E-state index in [1.807, 2.05) is 7.05 Å². The number of nitrogens with zero attached hydrogens (tertiary/aromatic N) is 1. The predicted molar refractivity (Wildman–Crippen MR) is 76.6 cm³/mol. The molecule has 0 spiro atoms. The molecular weight excluding hydrogens is 262 g/mol. The highest BCUT2D eigenvalue weighted by atomic mass is 32.2. The summed E-state index contributed by atoms with van der Waals surface area (Å²) in [5.74, 6) is 0. The largest absolute Gasteiger partial charge is 0.399 e. The number of hydrogen-bond acceptors (Lipinski definition) is 4. The molecule has 1 aliphatic heterocycles. The minimum absolute atomic E-state index is 0.00801. The number of anilines is 1. The van der Waals surface area contributed by atoms with Crippen molar-refractivity contribution < 1.29 is 8.42 Å². The minimum Gasteiger partial charge on any atom is -0.399 e. The molecule has 1 atom stereocenters. The van der Waals surface area contributed by atoms with Crippen molar-refractivity contribution in [3.05, 3.63) is 23.3 Å². The number of rotatable bonds is 3. The van der Waals surface area contributed by atoms with E-state index >= 15 is 0 Å². The summed E-state index contributed by atoms with van der Waals surface area (Å²) in [4.78, 5) is 2.48. The zero-order valence-electron chi connectivity index (χ0n) is 11.6. The molecule has 1 heterocycles. The monoisotopic (exact) mass is 283 g/mol. The summed E-state index contributed by atoms with van der Waals surface area (Å²) < 4.78 is 27.7. The van der Waals surface area contributed by atoms with Gasteiger partial charge < -0.3 is 10.6 Å². The molecule has 0 amide bonds. The molecule has 3 N–H and O–H groups in total. The van der Waals surface area contributed by atoms with E-state index in [1.54, 1.807) is 26.0 Å². The summed E-state index contributed by atoms with van der Waals surface area (Å²) in [6.07, 6.45) is 0.850. The van der Waals surface area contributed by atoms with Crippen LogP contribution in [0.25, 0.3) is 0 Å². The molecule has 19 heavy (non-hydrogen) atoms. The summed E-state index contributed by atoms with van der Waals surface area (Å²) in [5, 5.41) is 0. The van der Waals surface area contributed by atoms with E-state index in [-0.39, 0.29) is 6.04 Å². The molecule has 5 nitrogen and oxygen atoms in total. The molecule has 1 unspecified atom stereocenters. The zero-order valence-corrected chi connectivity index (χ0v) is 12.4. The van der Waals surface area contributed by atoms with Crippen LogP contribution < -0.4 is 10.5 Å². The maximum Gasteiger partial charge on any atom is 0.241 e. The number of hydrogen-bond donors (Lipinski definition) is 2. The lowest BCUT2D eigenvalue weighted by atomic mass is 10.1. The lowest BCUT2D eigenvalue weighted by molar-refractivity contribution is 0.407. The van der Waals surface area contributed by atoms with Gasteiger partial charge in [-0.1, -0.05) is 0 Å². The molecule has 0 aromatic heterocycles. The summed E-state index contributed by atoms with van der Waals surface area (Å²) in [6, 6.07) is 3.39. The lowest BCUT2D eigenvalue weighted by Crippen LogP contribution is -2.37. The van der Waals surface area contributed by atoms with Gasteiger partial charge in [0.25, 0.3) is 0 Å². The van der Waals surface area contributed by atoms with Crippen LogP contribution in [-0.4, -0.2) is 39.5 Å². The number of aryl methyl sites for hydroxylation is 2. The number of nitrogens with one attached hydrogen (secondary N) is 1. The fraction of sp³-hybridized carbons (Fsp3) is 0.538. The van der Waals surface area contributed by atoms with Crippen LogP contribution in [0.15, 0.2) is 17.0 Å². The summed E-state index contributed by atoms with van der Waals surface area (Å²) in [6.45, 7) is 5.23. The Balaban J connectivity index is 2.30. The third-order valence-corrected chi connectivity index (χ3v) is 5.29. The highest BCUT2D eigenvalue weighted by molar-refractivity contribution is 7.89. The second-order valence-corrected chi connectivity index (χ2v) is 7.00. The van der Waals surface area contributed by atoms with Gasteiger partial charge in [0.05, 0.1) is 4.90 Å². The average Bonchev–Trinajstić information content (AvgIpc) is 2.60. The SMILES string of the molecule is Cc1cc(N)cc(C)c1S(=O)(=O)NC1CCN(C)C1. The van der Waals surface area contributed by atoms with Gasteiger partial charge in [0.2, 0.25) is 10.0 Å². The molecular formula is C13H21N3O2S. The van der Waals surface area contributed by atoms with Gasteiger partial charge in [0, 0.05) is 18.3 Å². The molecule has 1 aliphatic rings.